The molecular weight excluding hydrogens is 377 g/mol. The van der Waals surface area contributed by atoms with Crippen LogP contribution in [0.15, 0.2) is 12.1 Å². The number of rotatable bonds is 5. The molecule has 1 saturated carbocycles. The molecule has 2 aliphatic heterocycles. The van der Waals surface area contributed by atoms with Gasteiger partial charge in [0.1, 0.15) is 17.4 Å². The predicted molar refractivity (Wildman–Crippen MR) is 105 cm³/mol. The molecule has 1 aliphatic carbocycles. The topological polar surface area (TPSA) is 117 Å². The molecule has 0 bridgehead atoms. The number of likely N-dealkylation sites (tertiary alicyclic amines) is 1. The highest BCUT2D eigenvalue weighted by Gasteiger charge is 2.36. The van der Waals surface area contributed by atoms with Crippen LogP contribution in [-0.2, 0) is 11.2 Å². The van der Waals surface area contributed by atoms with Gasteiger partial charge in [-0.25, -0.2) is 4.79 Å². The molecule has 158 valence electrons. The average molecular weight is 404 g/mol. The number of benzene rings is 1. The Labute approximate surface area is 169 Å². The first-order chi connectivity index (χ1) is 13.8. The molecule has 9 heteroatoms. The molecule has 29 heavy (non-hydrogen) atoms. The fourth-order valence-corrected chi connectivity index (χ4v) is 4.49. The first-order valence-electron chi connectivity index (χ1n) is 10.5. The standard InChI is InChI=1S/C20H27BNO7/c23-17(10-13-4-2-1-3-5-13)22-11-15(12-22)28-16-7-6-14-8-9-21(26,27)29-19(14)18(16)20(24)25/h6-7,13,15,26-27H,1-5,8-12H2,(H,24,25)/q-1. The number of nitrogens with zero attached hydrogens (tertiary/aromatic N) is 1. The molecule has 8 nitrogen and oxygen atoms in total. The summed E-state index contributed by atoms with van der Waals surface area (Å²) in [5.41, 5.74) is 0.400. The van der Waals surface area contributed by atoms with Crippen molar-refractivity contribution in [3.8, 4) is 11.5 Å². The van der Waals surface area contributed by atoms with Crippen LogP contribution in [0.3, 0.4) is 0 Å². The summed E-state index contributed by atoms with van der Waals surface area (Å²) < 4.78 is 11.0. The Morgan fingerprint density at radius 1 is 1.17 bits per heavy atom. The molecule has 1 saturated heterocycles. The van der Waals surface area contributed by atoms with Gasteiger partial charge >= 0.3 is 12.7 Å². The van der Waals surface area contributed by atoms with Gasteiger partial charge in [-0.3, -0.25) is 4.79 Å². The molecule has 0 spiro atoms. The molecule has 0 atom stereocenters. The van der Waals surface area contributed by atoms with Gasteiger partial charge < -0.3 is 29.4 Å². The lowest BCUT2D eigenvalue weighted by Gasteiger charge is -2.41. The van der Waals surface area contributed by atoms with E-state index in [4.69, 9.17) is 9.39 Å². The van der Waals surface area contributed by atoms with Gasteiger partial charge in [0.05, 0.1) is 18.8 Å². The minimum absolute atomic E-state index is 0.0208. The highest BCUT2D eigenvalue weighted by molar-refractivity contribution is 6.59. The van der Waals surface area contributed by atoms with Crippen LogP contribution in [0, 0.1) is 5.92 Å². The van der Waals surface area contributed by atoms with E-state index in [9.17, 15) is 24.7 Å². The summed E-state index contributed by atoms with van der Waals surface area (Å²) in [7, 11) is 0. The zero-order valence-corrected chi connectivity index (χ0v) is 16.4. The van der Waals surface area contributed by atoms with Gasteiger partial charge in [-0.15, -0.1) is 0 Å². The Morgan fingerprint density at radius 3 is 2.59 bits per heavy atom. The highest BCUT2D eigenvalue weighted by atomic mass is 16.6. The largest absolute Gasteiger partial charge is 0.669 e. The Hall–Kier alpha value is -2.26. The quantitative estimate of drug-likeness (QED) is 0.641. The van der Waals surface area contributed by atoms with E-state index < -0.39 is 12.7 Å². The van der Waals surface area contributed by atoms with Crippen molar-refractivity contribution < 1.29 is 34.1 Å². The lowest BCUT2D eigenvalue weighted by atomic mass is 9.70. The smallest absolute Gasteiger partial charge is 0.430 e. The highest BCUT2D eigenvalue weighted by Crippen LogP contribution is 2.39. The Balaban J connectivity index is 1.39. The monoisotopic (exact) mass is 404 g/mol. The number of aromatic carboxylic acids is 1. The zero-order chi connectivity index (χ0) is 20.6. The van der Waals surface area contributed by atoms with Crippen molar-refractivity contribution in [2.24, 2.45) is 5.92 Å². The van der Waals surface area contributed by atoms with Crippen molar-refractivity contribution in [1.29, 1.82) is 0 Å². The molecule has 0 unspecified atom stereocenters. The summed E-state index contributed by atoms with van der Waals surface area (Å²) in [6, 6.07) is 3.26. The molecule has 4 rings (SSSR count). The first kappa shape index (κ1) is 20.0. The van der Waals surface area contributed by atoms with Gasteiger partial charge in [-0.05, 0) is 36.8 Å². The third-order valence-corrected chi connectivity index (χ3v) is 6.19. The van der Waals surface area contributed by atoms with Crippen molar-refractivity contribution in [3.63, 3.8) is 0 Å². The number of fused-ring (bicyclic) bond motifs is 1. The predicted octanol–water partition coefficient (Wildman–Crippen LogP) is 1.80. The fraction of sp³-hybridized carbons (Fsp3) is 0.600. The van der Waals surface area contributed by atoms with Crippen LogP contribution in [0.4, 0.5) is 0 Å². The van der Waals surface area contributed by atoms with Crippen LogP contribution in [0.1, 0.15) is 54.4 Å². The number of ether oxygens (including phenoxy) is 1. The van der Waals surface area contributed by atoms with Gasteiger partial charge in [0.25, 0.3) is 0 Å². The molecule has 0 aromatic heterocycles. The van der Waals surface area contributed by atoms with Crippen molar-refractivity contribution in [3.05, 3.63) is 23.3 Å². The maximum absolute atomic E-state index is 12.4. The lowest BCUT2D eigenvalue weighted by molar-refractivity contribution is -0.141. The van der Waals surface area contributed by atoms with Crippen molar-refractivity contribution in [1.82, 2.24) is 4.90 Å². The summed E-state index contributed by atoms with van der Waals surface area (Å²) in [4.78, 5) is 26.0. The first-order valence-corrected chi connectivity index (χ1v) is 10.5. The molecule has 3 aliphatic rings. The van der Waals surface area contributed by atoms with Crippen LogP contribution < -0.4 is 9.39 Å². The molecule has 2 heterocycles. The molecule has 1 aromatic rings. The van der Waals surface area contributed by atoms with E-state index >= 15 is 0 Å². The van der Waals surface area contributed by atoms with E-state index in [1.54, 1.807) is 17.0 Å². The number of hydrogen-bond donors (Lipinski definition) is 3. The minimum atomic E-state index is -3.07. The zero-order valence-electron chi connectivity index (χ0n) is 16.4. The summed E-state index contributed by atoms with van der Waals surface area (Å²) in [5.74, 6) is -0.566. The van der Waals surface area contributed by atoms with Crippen LogP contribution in [0.2, 0.25) is 6.32 Å². The van der Waals surface area contributed by atoms with E-state index in [0.717, 1.165) is 12.8 Å². The van der Waals surface area contributed by atoms with Crippen LogP contribution in [-0.4, -0.2) is 57.9 Å². The van der Waals surface area contributed by atoms with E-state index in [1.165, 1.54) is 19.3 Å². The van der Waals surface area contributed by atoms with E-state index in [2.05, 4.69) is 0 Å². The second kappa shape index (κ2) is 7.87. The number of hydrogen-bond acceptors (Lipinski definition) is 6. The van der Waals surface area contributed by atoms with E-state index in [-0.39, 0.29) is 35.4 Å². The molecule has 3 N–H and O–H groups in total. The van der Waals surface area contributed by atoms with Crippen LogP contribution in [0.5, 0.6) is 11.5 Å². The van der Waals surface area contributed by atoms with Gasteiger partial charge in [0.15, 0.2) is 0 Å². The van der Waals surface area contributed by atoms with E-state index in [0.29, 0.717) is 37.4 Å². The third kappa shape index (κ3) is 4.35. The van der Waals surface area contributed by atoms with Crippen LogP contribution in [0.25, 0.3) is 0 Å². The second-order valence-corrected chi connectivity index (χ2v) is 8.49. The second-order valence-electron chi connectivity index (χ2n) is 8.49. The van der Waals surface area contributed by atoms with E-state index in [1.807, 2.05) is 0 Å². The fourth-order valence-electron chi connectivity index (χ4n) is 4.49. The van der Waals surface area contributed by atoms with Gasteiger partial charge in [-0.1, -0.05) is 31.6 Å². The van der Waals surface area contributed by atoms with Gasteiger partial charge in [0, 0.05) is 6.42 Å². The van der Waals surface area contributed by atoms with Crippen molar-refractivity contribution in [2.45, 2.75) is 57.4 Å². The van der Waals surface area contributed by atoms with Gasteiger partial charge in [-0.2, -0.15) is 0 Å². The van der Waals surface area contributed by atoms with Crippen molar-refractivity contribution >= 4 is 18.6 Å². The lowest BCUT2D eigenvalue weighted by Crippen LogP contribution is -2.56. The Morgan fingerprint density at radius 2 is 1.90 bits per heavy atom. The third-order valence-electron chi connectivity index (χ3n) is 6.19. The molecule has 2 fully saturated rings. The van der Waals surface area contributed by atoms with Crippen LogP contribution >= 0.6 is 0 Å². The maximum Gasteiger partial charge on any atom is 0.430 e. The molecular formula is C20H27BNO7-. The maximum atomic E-state index is 12.4. The molecule has 0 radical (unpaired) electrons. The average Bonchev–Trinajstić information content (AvgIpc) is 2.63. The molecule has 1 amide bonds. The summed E-state index contributed by atoms with van der Waals surface area (Å²) in [6.07, 6.45) is 6.53. The summed E-state index contributed by atoms with van der Waals surface area (Å²) in [6.45, 7) is -2.22. The number of aryl methyl sites for hydroxylation is 1. The minimum Gasteiger partial charge on any atom is -0.669 e. The number of carbonyl (C=O) groups is 2. The summed E-state index contributed by atoms with van der Waals surface area (Å²) in [5, 5.41) is 29.2. The normalized spacial score (nSPS) is 21.7. The number of carboxylic acids is 1. The Bertz CT molecular complexity index is 800. The molecule has 1 aromatic carbocycles. The number of carbonyl (C=O) groups excluding carboxylic acids is 1. The SMILES string of the molecule is O=C(O)c1c(OC2CN(C(=O)CC3CCCCC3)C2)ccc2c1O[B-](O)(O)CC2. The van der Waals surface area contributed by atoms with Crippen molar-refractivity contribution in [2.75, 3.05) is 13.1 Å². The summed E-state index contributed by atoms with van der Waals surface area (Å²) >= 11 is 0. The Kier molecular flexibility index (Phi) is 5.44. The number of carboxylic acid groups (broad SMARTS) is 1. The number of amides is 1. The van der Waals surface area contributed by atoms with Gasteiger partial charge in [0.2, 0.25) is 5.91 Å².